The number of halogens is 1. The van der Waals surface area contributed by atoms with Crippen molar-refractivity contribution in [1.29, 1.82) is 0 Å². The Labute approximate surface area is 151 Å². The standard InChI is InChI=1S/C20H17FO4S/c1-14-7-12-19(25-14)20(26(23,24)17-5-3-2-4-6-17)13-18(22)15-8-10-16(21)11-9-15/h2-12,20H,13H2,1H3/t20-/m0/s1. The first-order valence-corrected chi connectivity index (χ1v) is 9.56. The van der Waals surface area contributed by atoms with E-state index in [1.54, 1.807) is 37.3 Å². The fourth-order valence-corrected chi connectivity index (χ4v) is 4.35. The fraction of sp³-hybridized carbons (Fsp3) is 0.150. The first-order valence-electron chi connectivity index (χ1n) is 8.02. The second kappa shape index (κ2) is 7.25. The lowest BCUT2D eigenvalue weighted by atomic mass is 10.1. The number of hydrogen-bond acceptors (Lipinski definition) is 4. The molecule has 0 aliphatic carbocycles. The van der Waals surface area contributed by atoms with Crippen molar-refractivity contribution < 1.29 is 22.0 Å². The Bertz CT molecular complexity index is 1010. The molecule has 0 aliphatic heterocycles. The van der Waals surface area contributed by atoms with E-state index in [0.29, 0.717) is 5.76 Å². The van der Waals surface area contributed by atoms with E-state index >= 15 is 0 Å². The van der Waals surface area contributed by atoms with Crippen molar-refractivity contribution in [2.45, 2.75) is 23.5 Å². The van der Waals surface area contributed by atoms with Gasteiger partial charge in [-0.25, -0.2) is 12.8 Å². The number of Topliss-reactive ketones (excluding diaryl/α,β-unsaturated/α-hetero) is 1. The van der Waals surface area contributed by atoms with Crippen LogP contribution >= 0.6 is 0 Å². The lowest BCUT2D eigenvalue weighted by Crippen LogP contribution is -2.17. The minimum atomic E-state index is -3.84. The maximum Gasteiger partial charge on any atom is 0.188 e. The zero-order valence-corrected chi connectivity index (χ0v) is 14.9. The molecule has 2 aromatic carbocycles. The molecular formula is C20H17FO4S. The Morgan fingerprint density at radius 2 is 1.65 bits per heavy atom. The number of ketones is 1. The van der Waals surface area contributed by atoms with Crippen molar-refractivity contribution in [2.24, 2.45) is 0 Å². The van der Waals surface area contributed by atoms with Crippen molar-refractivity contribution >= 4 is 15.6 Å². The van der Waals surface area contributed by atoms with Crippen LogP contribution in [0.1, 0.15) is 33.5 Å². The highest BCUT2D eigenvalue weighted by molar-refractivity contribution is 7.91. The number of sulfone groups is 1. The Morgan fingerprint density at radius 1 is 1.00 bits per heavy atom. The number of carbonyl (C=O) groups excluding carboxylic acids is 1. The summed E-state index contributed by atoms with van der Waals surface area (Å²) in [7, 11) is -3.84. The predicted molar refractivity (Wildman–Crippen MR) is 95.2 cm³/mol. The molecule has 0 spiro atoms. The summed E-state index contributed by atoms with van der Waals surface area (Å²) >= 11 is 0. The van der Waals surface area contributed by atoms with Crippen LogP contribution < -0.4 is 0 Å². The molecule has 3 rings (SSSR count). The number of benzene rings is 2. The zero-order chi connectivity index (χ0) is 18.7. The van der Waals surface area contributed by atoms with E-state index in [-0.39, 0.29) is 22.6 Å². The largest absolute Gasteiger partial charge is 0.465 e. The van der Waals surface area contributed by atoms with Gasteiger partial charge in [0.2, 0.25) is 0 Å². The summed E-state index contributed by atoms with van der Waals surface area (Å²) in [6.07, 6.45) is -0.296. The van der Waals surface area contributed by atoms with E-state index < -0.39 is 26.7 Å². The highest BCUT2D eigenvalue weighted by Gasteiger charge is 2.33. The summed E-state index contributed by atoms with van der Waals surface area (Å²) in [6.45, 7) is 1.71. The molecule has 0 fully saturated rings. The molecule has 4 nitrogen and oxygen atoms in total. The first kappa shape index (κ1) is 18.1. The van der Waals surface area contributed by atoms with Crippen LogP contribution in [0, 0.1) is 12.7 Å². The number of hydrogen-bond donors (Lipinski definition) is 0. The van der Waals surface area contributed by atoms with Gasteiger partial charge in [0.15, 0.2) is 15.6 Å². The Balaban J connectivity index is 1.99. The Morgan fingerprint density at radius 3 is 2.23 bits per heavy atom. The third kappa shape index (κ3) is 3.75. The van der Waals surface area contributed by atoms with Crippen LogP contribution in [0.3, 0.4) is 0 Å². The van der Waals surface area contributed by atoms with Gasteiger partial charge in [-0.1, -0.05) is 18.2 Å². The van der Waals surface area contributed by atoms with Crippen LogP contribution in [0.25, 0.3) is 0 Å². The van der Waals surface area contributed by atoms with Crippen molar-refractivity contribution in [3.8, 4) is 0 Å². The summed E-state index contributed by atoms with van der Waals surface area (Å²) in [5.41, 5.74) is 0.253. The molecule has 0 saturated heterocycles. The second-order valence-electron chi connectivity index (χ2n) is 5.93. The summed E-state index contributed by atoms with van der Waals surface area (Å²) < 4.78 is 44.8. The Hall–Kier alpha value is -2.73. The maximum atomic E-state index is 13.1. The third-order valence-electron chi connectivity index (χ3n) is 4.06. The highest BCUT2D eigenvalue weighted by Crippen LogP contribution is 2.34. The lowest BCUT2D eigenvalue weighted by molar-refractivity contribution is 0.0978. The van der Waals surface area contributed by atoms with E-state index in [1.807, 2.05) is 0 Å². The van der Waals surface area contributed by atoms with Crippen LogP contribution in [0.15, 0.2) is 76.0 Å². The van der Waals surface area contributed by atoms with Gasteiger partial charge in [0, 0.05) is 12.0 Å². The lowest BCUT2D eigenvalue weighted by Gasteiger charge is -2.15. The van der Waals surface area contributed by atoms with Gasteiger partial charge in [-0.2, -0.15) is 0 Å². The Kier molecular flexibility index (Phi) is 5.04. The molecule has 1 aromatic heterocycles. The van der Waals surface area contributed by atoms with Gasteiger partial charge in [0.1, 0.15) is 22.6 Å². The van der Waals surface area contributed by atoms with Gasteiger partial charge in [0.25, 0.3) is 0 Å². The molecule has 1 heterocycles. The summed E-state index contributed by atoms with van der Waals surface area (Å²) in [5, 5.41) is -1.16. The molecule has 0 unspecified atom stereocenters. The van der Waals surface area contributed by atoms with Crippen molar-refractivity contribution in [3.63, 3.8) is 0 Å². The van der Waals surface area contributed by atoms with Gasteiger partial charge in [0.05, 0.1) is 4.90 Å². The quantitative estimate of drug-likeness (QED) is 0.597. The molecule has 0 N–H and O–H groups in total. The number of furan rings is 1. The minimum Gasteiger partial charge on any atom is -0.465 e. The van der Waals surface area contributed by atoms with E-state index in [9.17, 15) is 17.6 Å². The first-order chi connectivity index (χ1) is 12.4. The smallest absolute Gasteiger partial charge is 0.188 e. The highest BCUT2D eigenvalue weighted by atomic mass is 32.2. The second-order valence-corrected chi connectivity index (χ2v) is 8.06. The molecule has 134 valence electrons. The molecule has 0 bridgehead atoms. The van der Waals surface area contributed by atoms with Crippen LogP contribution in [0.2, 0.25) is 0 Å². The van der Waals surface area contributed by atoms with E-state index in [0.717, 1.165) is 0 Å². The molecule has 6 heteroatoms. The summed E-state index contributed by atoms with van der Waals surface area (Å²) in [6, 6.07) is 16.2. The predicted octanol–water partition coefficient (Wildman–Crippen LogP) is 4.52. The molecule has 0 saturated carbocycles. The minimum absolute atomic E-state index is 0.117. The van der Waals surface area contributed by atoms with Crippen molar-refractivity contribution in [1.82, 2.24) is 0 Å². The molecule has 26 heavy (non-hydrogen) atoms. The number of carbonyl (C=O) groups is 1. The van der Waals surface area contributed by atoms with E-state index in [4.69, 9.17) is 4.42 Å². The average Bonchev–Trinajstić information content (AvgIpc) is 3.06. The topological polar surface area (TPSA) is 64.3 Å². The van der Waals surface area contributed by atoms with Gasteiger partial charge in [-0.05, 0) is 55.5 Å². The SMILES string of the molecule is Cc1ccc([C@H](CC(=O)c2ccc(F)cc2)S(=O)(=O)c2ccccc2)o1. The molecule has 3 aromatic rings. The van der Waals surface area contributed by atoms with E-state index in [2.05, 4.69) is 0 Å². The van der Waals surface area contributed by atoms with Gasteiger partial charge < -0.3 is 4.42 Å². The van der Waals surface area contributed by atoms with Crippen molar-refractivity contribution in [2.75, 3.05) is 0 Å². The molecule has 0 aliphatic rings. The van der Waals surface area contributed by atoms with E-state index in [1.165, 1.54) is 36.4 Å². The summed E-state index contributed by atoms with van der Waals surface area (Å²) in [5.74, 6) is -0.0930. The molecule has 0 amide bonds. The number of aryl methyl sites for hydroxylation is 1. The van der Waals surface area contributed by atoms with Crippen LogP contribution in [-0.2, 0) is 9.84 Å². The third-order valence-corrected chi connectivity index (χ3v) is 6.14. The molecule has 1 atom stereocenters. The number of rotatable bonds is 6. The molecular weight excluding hydrogens is 355 g/mol. The average molecular weight is 372 g/mol. The normalized spacial score (nSPS) is 12.7. The van der Waals surface area contributed by atoms with Gasteiger partial charge in [-0.15, -0.1) is 0 Å². The maximum absolute atomic E-state index is 13.1. The zero-order valence-electron chi connectivity index (χ0n) is 14.1. The van der Waals surface area contributed by atoms with Crippen LogP contribution in [0.5, 0.6) is 0 Å². The van der Waals surface area contributed by atoms with Crippen molar-refractivity contribution in [3.05, 3.63) is 89.6 Å². The van der Waals surface area contributed by atoms with Gasteiger partial charge in [-0.3, -0.25) is 4.79 Å². The van der Waals surface area contributed by atoms with Crippen LogP contribution in [-0.4, -0.2) is 14.2 Å². The fourth-order valence-electron chi connectivity index (χ4n) is 2.69. The van der Waals surface area contributed by atoms with Gasteiger partial charge >= 0.3 is 0 Å². The summed E-state index contributed by atoms with van der Waals surface area (Å²) in [4.78, 5) is 12.7. The van der Waals surface area contributed by atoms with Crippen LogP contribution in [0.4, 0.5) is 4.39 Å². The molecule has 0 radical (unpaired) electrons. The monoisotopic (exact) mass is 372 g/mol.